The number of hydrogen-bond donors (Lipinski definition) is 0. The largest absolute Gasteiger partial charge is 0.497 e. The predicted molar refractivity (Wildman–Crippen MR) is 66.6 cm³/mol. The third kappa shape index (κ3) is 2.64. The molecule has 1 heterocycles. The number of methoxy groups -OCH3 is 2. The van der Waals surface area contributed by atoms with E-state index in [1.54, 1.807) is 7.11 Å². The maximum absolute atomic E-state index is 11.3. The normalized spacial score (nSPS) is 25.6. The SMILES string of the molecule is COC(=O)C1OC1(C)CCc1ccc(OC)cc1. The highest BCUT2D eigenvalue weighted by Crippen LogP contribution is 2.40. The summed E-state index contributed by atoms with van der Waals surface area (Å²) in [6, 6.07) is 7.92. The van der Waals surface area contributed by atoms with Crippen LogP contribution in [0.4, 0.5) is 0 Å². The lowest BCUT2D eigenvalue weighted by Gasteiger charge is -2.07. The molecule has 0 N–H and O–H groups in total. The van der Waals surface area contributed by atoms with Gasteiger partial charge in [0.25, 0.3) is 0 Å². The molecular formula is C14H18O4. The fourth-order valence-electron chi connectivity index (χ4n) is 2.01. The number of esters is 1. The van der Waals surface area contributed by atoms with Crippen molar-refractivity contribution in [1.29, 1.82) is 0 Å². The molecule has 1 fully saturated rings. The second-order valence-corrected chi connectivity index (χ2v) is 4.68. The number of benzene rings is 1. The van der Waals surface area contributed by atoms with Gasteiger partial charge in [0, 0.05) is 0 Å². The van der Waals surface area contributed by atoms with Gasteiger partial charge in [-0.1, -0.05) is 12.1 Å². The number of hydrogen-bond acceptors (Lipinski definition) is 4. The molecule has 1 aliphatic heterocycles. The molecule has 18 heavy (non-hydrogen) atoms. The molecule has 2 atom stereocenters. The van der Waals surface area contributed by atoms with Crippen molar-refractivity contribution >= 4 is 5.97 Å². The van der Waals surface area contributed by atoms with Crippen molar-refractivity contribution < 1.29 is 19.0 Å². The van der Waals surface area contributed by atoms with Crippen LogP contribution in [-0.2, 0) is 20.7 Å². The summed E-state index contributed by atoms with van der Waals surface area (Å²) in [5.41, 5.74) is 0.837. The highest BCUT2D eigenvalue weighted by Gasteiger charge is 2.57. The summed E-state index contributed by atoms with van der Waals surface area (Å²) in [4.78, 5) is 11.3. The minimum atomic E-state index is -0.402. The van der Waals surface area contributed by atoms with Crippen LogP contribution in [-0.4, -0.2) is 31.9 Å². The Labute approximate surface area is 107 Å². The lowest BCUT2D eigenvalue weighted by molar-refractivity contribution is -0.142. The molecule has 4 nitrogen and oxygen atoms in total. The van der Waals surface area contributed by atoms with Crippen molar-refractivity contribution in [1.82, 2.24) is 0 Å². The first-order chi connectivity index (χ1) is 8.59. The maximum Gasteiger partial charge on any atom is 0.338 e. The Morgan fingerprint density at radius 3 is 2.56 bits per heavy atom. The van der Waals surface area contributed by atoms with Crippen LogP contribution in [0.2, 0.25) is 0 Å². The fraction of sp³-hybridized carbons (Fsp3) is 0.500. The van der Waals surface area contributed by atoms with Gasteiger partial charge >= 0.3 is 5.97 Å². The molecule has 1 aromatic rings. The van der Waals surface area contributed by atoms with E-state index in [-0.39, 0.29) is 11.6 Å². The summed E-state index contributed by atoms with van der Waals surface area (Å²) in [7, 11) is 3.03. The summed E-state index contributed by atoms with van der Waals surface area (Å²) in [5, 5.41) is 0. The van der Waals surface area contributed by atoms with Crippen molar-refractivity contribution in [2.75, 3.05) is 14.2 Å². The molecule has 2 unspecified atom stereocenters. The summed E-state index contributed by atoms with van der Waals surface area (Å²) < 4.78 is 15.2. The maximum atomic E-state index is 11.3. The van der Waals surface area contributed by atoms with Gasteiger partial charge in [-0.25, -0.2) is 4.79 Å². The Morgan fingerprint density at radius 1 is 1.33 bits per heavy atom. The van der Waals surface area contributed by atoms with Crippen molar-refractivity contribution in [2.24, 2.45) is 0 Å². The molecule has 0 radical (unpaired) electrons. The van der Waals surface area contributed by atoms with E-state index in [1.165, 1.54) is 12.7 Å². The van der Waals surface area contributed by atoms with Gasteiger partial charge in [-0.2, -0.15) is 0 Å². The molecule has 0 aromatic heterocycles. The number of carbonyl (C=O) groups excluding carboxylic acids is 1. The van der Waals surface area contributed by atoms with Gasteiger partial charge in [0.05, 0.1) is 14.2 Å². The topological polar surface area (TPSA) is 48.1 Å². The lowest BCUT2D eigenvalue weighted by atomic mass is 9.98. The summed E-state index contributed by atoms with van der Waals surface area (Å²) in [6.07, 6.45) is 1.27. The molecule has 0 bridgehead atoms. The predicted octanol–water partition coefficient (Wildman–Crippen LogP) is 1.96. The Bertz CT molecular complexity index is 426. The molecule has 1 saturated heterocycles. The van der Waals surface area contributed by atoms with Crippen molar-refractivity contribution in [2.45, 2.75) is 31.5 Å². The van der Waals surface area contributed by atoms with Crippen LogP contribution in [0, 0.1) is 0 Å². The first-order valence-corrected chi connectivity index (χ1v) is 5.97. The van der Waals surface area contributed by atoms with E-state index in [0.717, 1.165) is 18.6 Å². The number of ether oxygens (including phenoxy) is 3. The molecule has 4 heteroatoms. The Morgan fingerprint density at radius 2 is 2.00 bits per heavy atom. The monoisotopic (exact) mass is 250 g/mol. The van der Waals surface area contributed by atoms with Crippen LogP contribution in [0.25, 0.3) is 0 Å². The minimum absolute atomic E-state index is 0.285. The summed E-state index contributed by atoms with van der Waals surface area (Å²) in [6.45, 7) is 1.94. The summed E-state index contributed by atoms with van der Waals surface area (Å²) in [5.74, 6) is 0.562. The molecular weight excluding hydrogens is 232 g/mol. The third-order valence-electron chi connectivity index (χ3n) is 3.37. The van der Waals surface area contributed by atoms with Crippen LogP contribution in [0.3, 0.4) is 0 Å². The van der Waals surface area contributed by atoms with Crippen molar-refractivity contribution in [3.63, 3.8) is 0 Å². The van der Waals surface area contributed by atoms with Crippen molar-refractivity contribution in [3.05, 3.63) is 29.8 Å². The van der Waals surface area contributed by atoms with E-state index in [0.29, 0.717) is 0 Å². The fourth-order valence-corrected chi connectivity index (χ4v) is 2.01. The number of aryl methyl sites for hydroxylation is 1. The van der Waals surface area contributed by atoms with Gasteiger partial charge in [-0.3, -0.25) is 0 Å². The lowest BCUT2D eigenvalue weighted by Crippen LogP contribution is -2.19. The molecule has 0 spiro atoms. The van der Waals surface area contributed by atoms with Gasteiger partial charge in [-0.05, 0) is 37.5 Å². The van der Waals surface area contributed by atoms with Gasteiger partial charge in [0.1, 0.15) is 11.4 Å². The number of rotatable bonds is 5. The van der Waals surface area contributed by atoms with Gasteiger partial charge in [0.15, 0.2) is 6.10 Å². The van der Waals surface area contributed by atoms with Crippen molar-refractivity contribution in [3.8, 4) is 5.75 Å². The van der Waals surface area contributed by atoms with E-state index >= 15 is 0 Å². The number of epoxide rings is 1. The van der Waals surface area contributed by atoms with E-state index in [1.807, 2.05) is 31.2 Å². The van der Waals surface area contributed by atoms with Gasteiger partial charge in [0.2, 0.25) is 0 Å². The average Bonchev–Trinajstić information content (AvgIpc) is 3.09. The summed E-state index contributed by atoms with van der Waals surface area (Å²) >= 11 is 0. The zero-order chi connectivity index (χ0) is 13.2. The van der Waals surface area contributed by atoms with Crippen LogP contribution in [0.1, 0.15) is 18.9 Å². The third-order valence-corrected chi connectivity index (χ3v) is 3.37. The standard InChI is InChI=1S/C14H18O4/c1-14(12(18-14)13(15)17-3)9-8-10-4-6-11(16-2)7-5-10/h4-7,12H,8-9H2,1-3H3. The molecule has 2 rings (SSSR count). The molecule has 0 aliphatic carbocycles. The Balaban J connectivity index is 1.87. The molecule has 98 valence electrons. The molecule has 0 amide bonds. The molecule has 0 saturated carbocycles. The van der Waals surface area contributed by atoms with Gasteiger partial charge < -0.3 is 14.2 Å². The van der Waals surface area contributed by atoms with E-state index < -0.39 is 6.10 Å². The smallest absolute Gasteiger partial charge is 0.338 e. The Kier molecular flexibility index (Phi) is 3.57. The number of carbonyl (C=O) groups is 1. The zero-order valence-electron chi connectivity index (χ0n) is 10.9. The highest BCUT2D eigenvalue weighted by atomic mass is 16.6. The molecule has 1 aromatic carbocycles. The van der Waals surface area contributed by atoms with E-state index in [4.69, 9.17) is 9.47 Å². The first-order valence-electron chi connectivity index (χ1n) is 5.97. The second kappa shape index (κ2) is 4.98. The van der Waals surface area contributed by atoms with Crippen LogP contribution in [0.15, 0.2) is 24.3 Å². The van der Waals surface area contributed by atoms with E-state index in [2.05, 4.69) is 4.74 Å². The van der Waals surface area contributed by atoms with Gasteiger partial charge in [-0.15, -0.1) is 0 Å². The highest BCUT2D eigenvalue weighted by molar-refractivity contribution is 5.79. The first kappa shape index (κ1) is 12.9. The van der Waals surface area contributed by atoms with E-state index in [9.17, 15) is 4.79 Å². The zero-order valence-corrected chi connectivity index (χ0v) is 10.9. The van der Waals surface area contributed by atoms with Crippen LogP contribution < -0.4 is 4.74 Å². The second-order valence-electron chi connectivity index (χ2n) is 4.68. The van der Waals surface area contributed by atoms with Crippen LogP contribution >= 0.6 is 0 Å². The average molecular weight is 250 g/mol. The minimum Gasteiger partial charge on any atom is -0.497 e. The Hall–Kier alpha value is -1.55. The van der Waals surface area contributed by atoms with Crippen LogP contribution in [0.5, 0.6) is 5.75 Å². The quantitative estimate of drug-likeness (QED) is 0.592. The molecule has 1 aliphatic rings.